The Labute approximate surface area is 145 Å². The Balaban J connectivity index is 1.96. The maximum Gasteiger partial charge on any atom is 0.235 e. The van der Waals surface area contributed by atoms with E-state index in [1.807, 2.05) is 55.5 Å². The number of ether oxygens (including phenoxy) is 1. The number of rotatable bonds is 7. The summed E-state index contributed by atoms with van der Waals surface area (Å²) in [6.45, 7) is 4.11. The number of amides is 1. The zero-order valence-corrected chi connectivity index (χ0v) is 15.1. The van der Waals surface area contributed by atoms with E-state index in [1.54, 1.807) is 14.0 Å². The van der Waals surface area contributed by atoms with Gasteiger partial charge in [-0.25, -0.2) is 0 Å². The largest absolute Gasteiger partial charge is 0.496 e. The monoisotopic (exact) mass is 345 g/mol. The number of hydrogen-bond donors (Lipinski definition) is 1. The molecule has 0 unspecified atom stereocenters. The van der Waals surface area contributed by atoms with Gasteiger partial charge in [0.1, 0.15) is 11.0 Å². The first-order valence-corrected chi connectivity index (χ1v) is 9.22. The van der Waals surface area contributed by atoms with Crippen LogP contribution in [0.1, 0.15) is 23.6 Å². The fourth-order valence-electron chi connectivity index (χ4n) is 2.35. The maximum absolute atomic E-state index is 12.5. The number of methoxy groups -OCH3 is 1. The molecule has 0 fully saturated rings. The molecule has 0 bridgehead atoms. The van der Waals surface area contributed by atoms with Gasteiger partial charge < -0.3 is 10.1 Å². The quantitative estimate of drug-likeness (QED) is 0.839. The molecule has 0 saturated heterocycles. The second-order valence-electron chi connectivity index (χ2n) is 5.69. The molecule has 0 aromatic heterocycles. The van der Waals surface area contributed by atoms with Gasteiger partial charge in [0.2, 0.25) is 5.91 Å². The van der Waals surface area contributed by atoms with Crippen LogP contribution in [0, 0.1) is 6.92 Å². The van der Waals surface area contributed by atoms with E-state index in [-0.39, 0.29) is 5.91 Å². The maximum atomic E-state index is 12.5. The Bertz CT molecular complexity index is 716. The molecule has 0 aliphatic rings. The van der Waals surface area contributed by atoms with Gasteiger partial charge >= 0.3 is 0 Å². The van der Waals surface area contributed by atoms with Gasteiger partial charge in [0.25, 0.3) is 0 Å². The van der Waals surface area contributed by atoms with E-state index in [4.69, 9.17) is 4.74 Å². The van der Waals surface area contributed by atoms with Crippen LogP contribution >= 0.6 is 0 Å². The highest BCUT2D eigenvalue weighted by molar-refractivity contribution is 7.85. The number of benzene rings is 2. The van der Waals surface area contributed by atoms with E-state index in [2.05, 4.69) is 5.32 Å². The lowest BCUT2D eigenvalue weighted by atomic mass is 10.1. The van der Waals surface area contributed by atoms with E-state index in [9.17, 15) is 9.00 Å². The van der Waals surface area contributed by atoms with Crippen LogP contribution in [0.25, 0.3) is 0 Å². The Hall–Kier alpha value is -2.14. The van der Waals surface area contributed by atoms with Crippen molar-refractivity contribution in [2.24, 2.45) is 0 Å². The van der Waals surface area contributed by atoms with Crippen LogP contribution in [0.15, 0.2) is 48.5 Å². The van der Waals surface area contributed by atoms with E-state index in [0.717, 1.165) is 16.7 Å². The molecular formula is C19H23NO3S. The van der Waals surface area contributed by atoms with Crippen molar-refractivity contribution < 1.29 is 13.7 Å². The summed E-state index contributed by atoms with van der Waals surface area (Å²) in [4.78, 5) is 12.2. The molecule has 5 heteroatoms. The smallest absolute Gasteiger partial charge is 0.235 e. The molecule has 0 heterocycles. The predicted molar refractivity (Wildman–Crippen MR) is 97.3 cm³/mol. The van der Waals surface area contributed by atoms with Crippen molar-refractivity contribution in [3.05, 3.63) is 65.2 Å². The van der Waals surface area contributed by atoms with Crippen LogP contribution in [0.2, 0.25) is 0 Å². The Morgan fingerprint density at radius 3 is 2.58 bits per heavy atom. The van der Waals surface area contributed by atoms with Crippen LogP contribution in [0.3, 0.4) is 0 Å². The summed E-state index contributed by atoms with van der Waals surface area (Å²) in [5, 5.41) is 2.26. The molecule has 0 aliphatic heterocycles. The molecule has 0 saturated carbocycles. The van der Waals surface area contributed by atoms with Gasteiger partial charge in [0, 0.05) is 22.9 Å². The van der Waals surface area contributed by atoms with Crippen LogP contribution in [0.4, 0.5) is 0 Å². The molecule has 4 nitrogen and oxygen atoms in total. The number of nitrogens with one attached hydrogen (secondary N) is 1. The molecule has 0 radical (unpaired) electrons. The number of hydrogen-bond acceptors (Lipinski definition) is 3. The second-order valence-corrected chi connectivity index (χ2v) is 7.44. The highest BCUT2D eigenvalue weighted by Gasteiger charge is 2.21. The molecule has 2 aromatic rings. The summed E-state index contributed by atoms with van der Waals surface area (Å²) in [7, 11) is 0.274. The zero-order valence-electron chi connectivity index (χ0n) is 14.2. The summed E-state index contributed by atoms with van der Waals surface area (Å²) in [5.41, 5.74) is 2.95. The average molecular weight is 345 g/mol. The van der Waals surface area contributed by atoms with Crippen molar-refractivity contribution >= 4 is 16.7 Å². The lowest BCUT2D eigenvalue weighted by Gasteiger charge is -2.14. The van der Waals surface area contributed by atoms with Gasteiger partial charge in [-0.1, -0.05) is 48.0 Å². The lowest BCUT2D eigenvalue weighted by molar-refractivity contribution is -0.120. The van der Waals surface area contributed by atoms with Gasteiger partial charge in [-0.05, 0) is 25.5 Å². The van der Waals surface area contributed by atoms with E-state index in [0.29, 0.717) is 18.0 Å². The summed E-state index contributed by atoms with van der Waals surface area (Å²) in [5.74, 6) is 0.791. The Morgan fingerprint density at radius 2 is 1.92 bits per heavy atom. The topological polar surface area (TPSA) is 55.4 Å². The third kappa shape index (κ3) is 4.93. The zero-order chi connectivity index (χ0) is 17.5. The first kappa shape index (κ1) is 18.2. The lowest BCUT2D eigenvalue weighted by Crippen LogP contribution is -2.35. The summed E-state index contributed by atoms with van der Waals surface area (Å²) in [6.07, 6.45) is 0. The van der Waals surface area contributed by atoms with Gasteiger partial charge in [-0.2, -0.15) is 0 Å². The fourth-order valence-corrected chi connectivity index (χ4v) is 3.45. The van der Waals surface area contributed by atoms with Crippen molar-refractivity contribution in [3.8, 4) is 5.75 Å². The molecule has 24 heavy (non-hydrogen) atoms. The molecule has 2 atom stereocenters. The molecule has 128 valence electrons. The van der Waals surface area contributed by atoms with Crippen molar-refractivity contribution in [1.82, 2.24) is 5.32 Å². The first-order chi connectivity index (χ1) is 11.5. The van der Waals surface area contributed by atoms with Crippen molar-refractivity contribution in [1.29, 1.82) is 0 Å². The van der Waals surface area contributed by atoms with Crippen molar-refractivity contribution in [3.63, 3.8) is 0 Å². The van der Waals surface area contributed by atoms with Crippen LogP contribution in [-0.4, -0.2) is 22.5 Å². The third-order valence-corrected chi connectivity index (χ3v) is 5.41. The van der Waals surface area contributed by atoms with E-state index in [1.165, 1.54) is 0 Å². The van der Waals surface area contributed by atoms with Gasteiger partial charge in [-0.15, -0.1) is 0 Å². The van der Waals surface area contributed by atoms with Crippen molar-refractivity contribution in [2.75, 3.05) is 7.11 Å². The minimum Gasteiger partial charge on any atom is -0.496 e. The average Bonchev–Trinajstić information content (AvgIpc) is 2.60. The van der Waals surface area contributed by atoms with E-state index >= 15 is 0 Å². The van der Waals surface area contributed by atoms with Gasteiger partial charge in [0.05, 0.1) is 12.9 Å². The highest BCUT2D eigenvalue weighted by atomic mass is 32.2. The second kappa shape index (κ2) is 8.64. The molecule has 2 rings (SSSR count). The van der Waals surface area contributed by atoms with Crippen LogP contribution in [0.5, 0.6) is 5.75 Å². The molecule has 2 aromatic carbocycles. The predicted octanol–water partition coefficient (Wildman–Crippen LogP) is 2.96. The normalized spacial score (nSPS) is 13.1. The van der Waals surface area contributed by atoms with E-state index < -0.39 is 16.0 Å². The Morgan fingerprint density at radius 1 is 1.21 bits per heavy atom. The number of aryl methyl sites for hydroxylation is 1. The molecule has 1 amide bonds. The molecule has 1 N–H and O–H groups in total. The number of carbonyl (C=O) groups is 1. The number of carbonyl (C=O) groups excluding carboxylic acids is 1. The summed E-state index contributed by atoms with van der Waals surface area (Å²) < 4.78 is 17.9. The van der Waals surface area contributed by atoms with Crippen LogP contribution < -0.4 is 10.1 Å². The minimum absolute atomic E-state index is 0.205. The first-order valence-electron chi connectivity index (χ1n) is 7.83. The summed E-state index contributed by atoms with van der Waals surface area (Å²) in [6, 6.07) is 15.4. The van der Waals surface area contributed by atoms with Gasteiger partial charge in [-0.3, -0.25) is 9.00 Å². The molecular weight excluding hydrogens is 322 g/mol. The fraction of sp³-hybridized carbons (Fsp3) is 0.316. The van der Waals surface area contributed by atoms with Gasteiger partial charge in [0.15, 0.2) is 0 Å². The molecule has 0 aliphatic carbocycles. The SMILES string of the molecule is COc1ccc(C)cc1C[S@](=O)[C@@H](C)C(=O)NCc1ccccc1. The standard InChI is InChI=1S/C19H23NO3S/c1-14-9-10-18(23-3)17(11-14)13-24(22)15(2)19(21)20-12-16-7-5-4-6-8-16/h4-11,15H,12-13H2,1-3H3,(H,20,21)/t15-,24-/m0/s1. The van der Waals surface area contributed by atoms with Crippen LogP contribution in [-0.2, 0) is 27.9 Å². The third-order valence-electron chi connectivity index (χ3n) is 3.81. The molecule has 0 spiro atoms. The minimum atomic E-state index is -1.32. The van der Waals surface area contributed by atoms with Crippen molar-refractivity contribution in [2.45, 2.75) is 31.4 Å². The highest BCUT2D eigenvalue weighted by Crippen LogP contribution is 2.22. The Kier molecular flexibility index (Phi) is 6.55. The summed E-state index contributed by atoms with van der Waals surface area (Å²) >= 11 is 0.